The lowest BCUT2D eigenvalue weighted by Crippen LogP contribution is -2.22. The fraction of sp³-hybridized carbons (Fsp3) is 0.571. The Morgan fingerprint density at radius 2 is 2.06 bits per heavy atom. The SMILES string of the molecule is CCCSc1ccc(CNC(C)C)c(C)c1. The van der Waals surface area contributed by atoms with Crippen LogP contribution in [-0.2, 0) is 6.54 Å². The first-order valence-electron chi connectivity index (χ1n) is 6.09. The minimum Gasteiger partial charge on any atom is -0.310 e. The highest BCUT2D eigenvalue weighted by Gasteiger charge is 2.01. The van der Waals surface area contributed by atoms with Gasteiger partial charge in [-0.1, -0.05) is 26.8 Å². The van der Waals surface area contributed by atoms with Crippen molar-refractivity contribution in [2.75, 3.05) is 5.75 Å². The van der Waals surface area contributed by atoms with Crippen molar-refractivity contribution in [2.24, 2.45) is 0 Å². The molecule has 1 aromatic carbocycles. The third-order valence-electron chi connectivity index (χ3n) is 2.49. The van der Waals surface area contributed by atoms with E-state index in [1.54, 1.807) is 0 Å². The van der Waals surface area contributed by atoms with Gasteiger partial charge in [-0.2, -0.15) is 0 Å². The molecule has 0 spiro atoms. The zero-order valence-electron chi connectivity index (χ0n) is 10.8. The van der Waals surface area contributed by atoms with E-state index in [9.17, 15) is 0 Å². The molecule has 16 heavy (non-hydrogen) atoms. The molecule has 1 rings (SSSR count). The van der Waals surface area contributed by atoms with E-state index in [0.717, 1.165) is 6.54 Å². The van der Waals surface area contributed by atoms with Gasteiger partial charge in [-0.15, -0.1) is 11.8 Å². The molecule has 1 N–H and O–H groups in total. The molecule has 1 nitrogen and oxygen atoms in total. The number of aryl methyl sites for hydroxylation is 1. The predicted octanol–water partition coefficient (Wildman–Crippen LogP) is 4.00. The quantitative estimate of drug-likeness (QED) is 0.751. The van der Waals surface area contributed by atoms with Crippen molar-refractivity contribution in [3.8, 4) is 0 Å². The van der Waals surface area contributed by atoms with E-state index >= 15 is 0 Å². The molecule has 0 bridgehead atoms. The highest BCUT2D eigenvalue weighted by molar-refractivity contribution is 7.99. The Balaban J connectivity index is 2.60. The summed E-state index contributed by atoms with van der Waals surface area (Å²) in [4.78, 5) is 1.40. The number of benzene rings is 1. The molecule has 0 fully saturated rings. The van der Waals surface area contributed by atoms with E-state index in [0.29, 0.717) is 6.04 Å². The Morgan fingerprint density at radius 1 is 1.31 bits per heavy atom. The molecule has 0 amide bonds. The molecule has 0 unspecified atom stereocenters. The second-order valence-electron chi connectivity index (χ2n) is 4.47. The van der Waals surface area contributed by atoms with E-state index in [1.165, 1.54) is 28.2 Å². The smallest absolute Gasteiger partial charge is 0.0210 e. The van der Waals surface area contributed by atoms with Crippen molar-refractivity contribution in [3.05, 3.63) is 29.3 Å². The van der Waals surface area contributed by atoms with E-state index in [-0.39, 0.29) is 0 Å². The molecule has 0 saturated heterocycles. The van der Waals surface area contributed by atoms with Gasteiger partial charge in [0.15, 0.2) is 0 Å². The number of rotatable bonds is 6. The van der Waals surface area contributed by atoms with E-state index in [4.69, 9.17) is 0 Å². The maximum absolute atomic E-state index is 3.46. The number of hydrogen-bond acceptors (Lipinski definition) is 2. The van der Waals surface area contributed by atoms with Crippen LogP contribution in [0, 0.1) is 6.92 Å². The van der Waals surface area contributed by atoms with Crippen LogP contribution in [-0.4, -0.2) is 11.8 Å². The van der Waals surface area contributed by atoms with Gasteiger partial charge in [0.05, 0.1) is 0 Å². The van der Waals surface area contributed by atoms with Crippen LogP contribution < -0.4 is 5.32 Å². The average molecular weight is 237 g/mol. The Hall–Kier alpha value is -0.470. The van der Waals surface area contributed by atoms with Crippen LogP contribution in [0.2, 0.25) is 0 Å². The van der Waals surface area contributed by atoms with Crippen LogP contribution in [0.4, 0.5) is 0 Å². The van der Waals surface area contributed by atoms with Crippen molar-refractivity contribution in [1.29, 1.82) is 0 Å². The average Bonchev–Trinajstić information content (AvgIpc) is 2.24. The summed E-state index contributed by atoms with van der Waals surface area (Å²) in [5, 5.41) is 3.46. The van der Waals surface area contributed by atoms with Crippen LogP contribution in [0.25, 0.3) is 0 Å². The molecule has 0 aromatic heterocycles. The highest BCUT2D eigenvalue weighted by atomic mass is 32.2. The van der Waals surface area contributed by atoms with Gasteiger partial charge in [0.25, 0.3) is 0 Å². The fourth-order valence-electron chi connectivity index (χ4n) is 1.49. The van der Waals surface area contributed by atoms with Gasteiger partial charge in [-0.05, 0) is 42.4 Å². The van der Waals surface area contributed by atoms with Gasteiger partial charge in [0, 0.05) is 17.5 Å². The maximum atomic E-state index is 3.46. The van der Waals surface area contributed by atoms with Gasteiger partial charge in [-0.25, -0.2) is 0 Å². The molecular formula is C14H23NS. The molecule has 0 aliphatic rings. The van der Waals surface area contributed by atoms with E-state index in [1.807, 2.05) is 11.8 Å². The summed E-state index contributed by atoms with van der Waals surface area (Å²) in [7, 11) is 0. The van der Waals surface area contributed by atoms with Crippen LogP contribution in [0.15, 0.2) is 23.1 Å². The Labute approximate surface area is 104 Å². The summed E-state index contributed by atoms with van der Waals surface area (Å²) in [6.45, 7) is 9.76. The summed E-state index contributed by atoms with van der Waals surface area (Å²) in [6.07, 6.45) is 1.24. The molecule has 0 saturated carbocycles. The summed E-state index contributed by atoms with van der Waals surface area (Å²) < 4.78 is 0. The standard InChI is InChI=1S/C14H23NS/c1-5-8-16-14-7-6-13(12(4)9-14)10-15-11(2)3/h6-7,9,11,15H,5,8,10H2,1-4H3. The lowest BCUT2D eigenvalue weighted by Gasteiger charge is -2.11. The van der Waals surface area contributed by atoms with Crippen molar-refractivity contribution in [3.63, 3.8) is 0 Å². The number of thioether (sulfide) groups is 1. The van der Waals surface area contributed by atoms with Crippen LogP contribution in [0.3, 0.4) is 0 Å². The molecule has 1 aromatic rings. The first-order chi connectivity index (χ1) is 7.63. The number of hydrogen-bond donors (Lipinski definition) is 1. The Kier molecular flexibility index (Phi) is 5.93. The van der Waals surface area contributed by atoms with Gasteiger partial charge in [-0.3, -0.25) is 0 Å². The first kappa shape index (κ1) is 13.6. The molecule has 0 aliphatic heterocycles. The fourth-order valence-corrected chi connectivity index (χ4v) is 2.35. The molecular weight excluding hydrogens is 214 g/mol. The van der Waals surface area contributed by atoms with E-state index < -0.39 is 0 Å². The van der Waals surface area contributed by atoms with Gasteiger partial charge in [0.1, 0.15) is 0 Å². The lowest BCUT2D eigenvalue weighted by atomic mass is 10.1. The molecule has 0 radical (unpaired) electrons. The van der Waals surface area contributed by atoms with Crippen molar-refractivity contribution in [1.82, 2.24) is 5.32 Å². The largest absolute Gasteiger partial charge is 0.310 e. The third-order valence-corrected chi connectivity index (χ3v) is 3.69. The van der Waals surface area contributed by atoms with E-state index in [2.05, 4.69) is 51.2 Å². The summed E-state index contributed by atoms with van der Waals surface area (Å²) in [6, 6.07) is 7.35. The van der Waals surface area contributed by atoms with Gasteiger partial charge >= 0.3 is 0 Å². The zero-order chi connectivity index (χ0) is 12.0. The summed E-state index contributed by atoms with van der Waals surface area (Å²) in [5.74, 6) is 1.21. The minimum atomic E-state index is 0.550. The monoisotopic (exact) mass is 237 g/mol. The predicted molar refractivity (Wildman–Crippen MR) is 74.2 cm³/mol. The first-order valence-corrected chi connectivity index (χ1v) is 7.07. The molecule has 90 valence electrons. The normalized spacial score (nSPS) is 11.1. The summed E-state index contributed by atoms with van der Waals surface area (Å²) in [5.41, 5.74) is 2.81. The van der Waals surface area contributed by atoms with Crippen molar-refractivity contribution in [2.45, 2.75) is 51.6 Å². The highest BCUT2D eigenvalue weighted by Crippen LogP contribution is 2.21. The number of nitrogens with one attached hydrogen (secondary N) is 1. The second kappa shape index (κ2) is 6.97. The lowest BCUT2D eigenvalue weighted by molar-refractivity contribution is 0.587. The van der Waals surface area contributed by atoms with Crippen LogP contribution >= 0.6 is 11.8 Å². The molecule has 0 heterocycles. The van der Waals surface area contributed by atoms with Crippen LogP contribution in [0.1, 0.15) is 38.3 Å². The Bertz CT molecular complexity index is 321. The van der Waals surface area contributed by atoms with Gasteiger partial charge in [0.2, 0.25) is 0 Å². The third kappa shape index (κ3) is 4.58. The maximum Gasteiger partial charge on any atom is 0.0210 e. The molecule has 0 aliphatic carbocycles. The van der Waals surface area contributed by atoms with Crippen molar-refractivity contribution >= 4 is 11.8 Å². The van der Waals surface area contributed by atoms with Crippen molar-refractivity contribution < 1.29 is 0 Å². The zero-order valence-corrected chi connectivity index (χ0v) is 11.7. The topological polar surface area (TPSA) is 12.0 Å². The molecule has 0 atom stereocenters. The minimum absolute atomic E-state index is 0.550. The Morgan fingerprint density at radius 3 is 2.62 bits per heavy atom. The summed E-state index contributed by atoms with van der Waals surface area (Å²) >= 11 is 1.95. The molecule has 2 heteroatoms. The van der Waals surface area contributed by atoms with Gasteiger partial charge < -0.3 is 5.32 Å². The van der Waals surface area contributed by atoms with Crippen LogP contribution in [0.5, 0.6) is 0 Å². The second-order valence-corrected chi connectivity index (χ2v) is 5.64.